The van der Waals surface area contributed by atoms with Gasteiger partial charge in [-0.15, -0.1) is 0 Å². The van der Waals surface area contributed by atoms with Gasteiger partial charge in [0.1, 0.15) is 5.82 Å². The lowest BCUT2D eigenvalue weighted by molar-refractivity contribution is 0.304. The molecular weight excluding hydrogens is 171 g/mol. The number of benzene rings is 1. The fourth-order valence-corrected chi connectivity index (χ4v) is 1.13. The summed E-state index contributed by atoms with van der Waals surface area (Å²) >= 11 is 0. The van der Waals surface area contributed by atoms with E-state index in [9.17, 15) is 4.39 Å². The number of nitrogen functional groups attached to an aromatic ring is 1. The first-order valence-corrected chi connectivity index (χ1v) is 4.02. The second-order valence-corrected chi connectivity index (χ2v) is 2.82. The Balaban J connectivity index is 2.93. The summed E-state index contributed by atoms with van der Waals surface area (Å²) in [4.78, 5) is 1.71. The predicted octanol–water partition coefficient (Wildman–Crippen LogP) is 0.836. The average molecular weight is 184 g/mol. The molecule has 0 heterocycles. The van der Waals surface area contributed by atoms with Gasteiger partial charge < -0.3 is 15.7 Å². The number of halogens is 1. The van der Waals surface area contributed by atoms with Crippen LogP contribution in [0.5, 0.6) is 0 Å². The maximum absolute atomic E-state index is 13.0. The number of likely N-dealkylation sites (N-methyl/N-ethyl adjacent to an activating group) is 1. The Kier molecular flexibility index (Phi) is 3.08. The maximum atomic E-state index is 13.0. The van der Waals surface area contributed by atoms with Crippen LogP contribution in [-0.4, -0.2) is 25.3 Å². The molecule has 0 aliphatic rings. The average Bonchev–Trinajstić information content (AvgIpc) is 2.10. The van der Waals surface area contributed by atoms with Crippen molar-refractivity contribution in [2.45, 2.75) is 0 Å². The fraction of sp³-hybridized carbons (Fsp3) is 0.333. The number of para-hydroxylation sites is 1. The van der Waals surface area contributed by atoms with E-state index in [1.165, 1.54) is 6.07 Å². The summed E-state index contributed by atoms with van der Waals surface area (Å²) in [5.41, 5.74) is 6.24. The van der Waals surface area contributed by atoms with Crippen LogP contribution in [0.2, 0.25) is 0 Å². The predicted molar refractivity (Wildman–Crippen MR) is 51.2 cm³/mol. The van der Waals surface area contributed by atoms with Crippen molar-refractivity contribution >= 4 is 11.4 Å². The summed E-state index contributed by atoms with van der Waals surface area (Å²) in [6.07, 6.45) is 0. The van der Waals surface area contributed by atoms with E-state index in [0.717, 1.165) is 0 Å². The van der Waals surface area contributed by atoms with E-state index in [0.29, 0.717) is 12.2 Å². The SMILES string of the molecule is CN(CCO)c1cccc(F)c1N. The highest BCUT2D eigenvalue weighted by Crippen LogP contribution is 2.23. The number of aliphatic hydroxyl groups is 1. The van der Waals surface area contributed by atoms with Gasteiger partial charge in [-0.25, -0.2) is 4.39 Å². The number of nitrogens with two attached hydrogens (primary N) is 1. The van der Waals surface area contributed by atoms with Crippen molar-refractivity contribution < 1.29 is 9.50 Å². The van der Waals surface area contributed by atoms with Crippen molar-refractivity contribution in [1.82, 2.24) is 0 Å². The van der Waals surface area contributed by atoms with Gasteiger partial charge in [-0.1, -0.05) is 6.07 Å². The number of hydrogen-bond acceptors (Lipinski definition) is 3. The van der Waals surface area contributed by atoms with Crippen LogP contribution in [0.1, 0.15) is 0 Å². The van der Waals surface area contributed by atoms with Gasteiger partial charge in [0.15, 0.2) is 0 Å². The summed E-state index contributed by atoms with van der Waals surface area (Å²) < 4.78 is 13.0. The van der Waals surface area contributed by atoms with E-state index in [-0.39, 0.29) is 12.3 Å². The van der Waals surface area contributed by atoms with Gasteiger partial charge in [-0.05, 0) is 12.1 Å². The lowest BCUT2D eigenvalue weighted by Crippen LogP contribution is -2.22. The molecule has 13 heavy (non-hydrogen) atoms. The van der Waals surface area contributed by atoms with Gasteiger partial charge in [0.25, 0.3) is 0 Å². The van der Waals surface area contributed by atoms with Crippen molar-refractivity contribution in [1.29, 1.82) is 0 Å². The molecular formula is C9H13FN2O. The minimum absolute atomic E-state index is 0.0203. The minimum atomic E-state index is -0.428. The molecule has 0 saturated carbocycles. The minimum Gasteiger partial charge on any atom is -0.395 e. The quantitative estimate of drug-likeness (QED) is 0.684. The molecule has 4 heteroatoms. The van der Waals surface area contributed by atoms with Crippen molar-refractivity contribution in [3.05, 3.63) is 24.0 Å². The first-order valence-electron chi connectivity index (χ1n) is 4.02. The van der Waals surface area contributed by atoms with Gasteiger partial charge in [-0.3, -0.25) is 0 Å². The maximum Gasteiger partial charge on any atom is 0.148 e. The van der Waals surface area contributed by atoms with E-state index in [2.05, 4.69) is 0 Å². The van der Waals surface area contributed by atoms with E-state index in [4.69, 9.17) is 10.8 Å². The zero-order valence-corrected chi connectivity index (χ0v) is 7.50. The summed E-state index contributed by atoms with van der Waals surface area (Å²) in [6, 6.07) is 4.62. The number of nitrogens with zero attached hydrogens (tertiary/aromatic N) is 1. The Hall–Kier alpha value is -1.29. The molecule has 0 unspecified atom stereocenters. The molecule has 0 amide bonds. The first-order chi connectivity index (χ1) is 6.16. The number of anilines is 2. The number of rotatable bonds is 3. The molecule has 1 aromatic carbocycles. The standard InChI is InChI=1S/C9H13FN2O/c1-12(5-6-13)8-4-2-3-7(10)9(8)11/h2-4,13H,5-6,11H2,1H3. The van der Waals surface area contributed by atoms with E-state index in [1.807, 2.05) is 0 Å². The smallest absolute Gasteiger partial charge is 0.148 e. The number of aliphatic hydroxyl groups excluding tert-OH is 1. The molecule has 1 aromatic rings. The third-order valence-corrected chi connectivity index (χ3v) is 1.88. The zero-order valence-electron chi connectivity index (χ0n) is 7.50. The zero-order chi connectivity index (χ0) is 9.84. The van der Waals surface area contributed by atoms with E-state index in [1.54, 1.807) is 24.1 Å². The largest absolute Gasteiger partial charge is 0.395 e. The Labute approximate surface area is 76.6 Å². The lowest BCUT2D eigenvalue weighted by Gasteiger charge is -2.19. The molecule has 3 N–H and O–H groups in total. The van der Waals surface area contributed by atoms with Crippen LogP contribution < -0.4 is 10.6 Å². The van der Waals surface area contributed by atoms with Crippen LogP contribution in [0.4, 0.5) is 15.8 Å². The van der Waals surface area contributed by atoms with Crippen LogP contribution in [-0.2, 0) is 0 Å². The van der Waals surface area contributed by atoms with Gasteiger partial charge in [0.05, 0.1) is 18.0 Å². The van der Waals surface area contributed by atoms with Crippen LogP contribution in [0, 0.1) is 5.82 Å². The molecule has 3 nitrogen and oxygen atoms in total. The molecule has 0 radical (unpaired) electrons. The molecule has 0 aliphatic carbocycles. The second kappa shape index (κ2) is 4.09. The first kappa shape index (κ1) is 9.80. The highest BCUT2D eigenvalue weighted by Gasteiger charge is 2.07. The molecule has 0 aromatic heterocycles. The normalized spacial score (nSPS) is 10.1. The van der Waals surface area contributed by atoms with Crippen molar-refractivity contribution in [3.8, 4) is 0 Å². The van der Waals surface area contributed by atoms with Crippen LogP contribution in [0.3, 0.4) is 0 Å². The third-order valence-electron chi connectivity index (χ3n) is 1.88. The summed E-state index contributed by atoms with van der Waals surface area (Å²) in [6.45, 7) is 0.458. The Morgan fingerprint density at radius 1 is 1.54 bits per heavy atom. The fourth-order valence-electron chi connectivity index (χ4n) is 1.13. The molecule has 0 spiro atoms. The monoisotopic (exact) mass is 184 g/mol. The Morgan fingerprint density at radius 3 is 2.85 bits per heavy atom. The molecule has 1 rings (SSSR count). The molecule has 0 saturated heterocycles. The molecule has 0 atom stereocenters. The summed E-state index contributed by atoms with van der Waals surface area (Å²) in [7, 11) is 1.75. The lowest BCUT2D eigenvalue weighted by atomic mass is 10.2. The topological polar surface area (TPSA) is 49.5 Å². The highest BCUT2D eigenvalue weighted by molar-refractivity contribution is 5.67. The third kappa shape index (κ3) is 2.09. The van der Waals surface area contributed by atoms with Gasteiger partial charge >= 0.3 is 0 Å². The van der Waals surface area contributed by atoms with Gasteiger partial charge in [0, 0.05) is 13.6 Å². The second-order valence-electron chi connectivity index (χ2n) is 2.82. The number of hydrogen-bond donors (Lipinski definition) is 2. The Morgan fingerprint density at radius 2 is 2.23 bits per heavy atom. The summed E-state index contributed by atoms with van der Waals surface area (Å²) in [5.74, 6) is -0.428. The summed E-state index contributed by atoms with van der Waals surface area (Å²) in [5, 5.41) is 8.68. The molecule has 0 bridgehead atoms. The molecule has 0 fully saturated rings. The van der Waals surface area contributed by atoms with E-state index >= 15 is 0 Å². The van der Waals surface area contributed by atoms with Gasteiger partial charge in [-0.2, -0.15) is 0 Å². The molecule has 72 valence electrons. The molecule has 0 aliphatic heterocycles. The van der Waals surface area contributed by atoms with Crippen LogP contribution >= 0.6 is 0 Å². The highest BCUT2D eigenvalue weighted by atomic mass is 19.1. The van der Waals surface area contributed by atoms with E-state index < -0.39 is 5.82 Å². The van der Waals surface area contributed by atoms with Crippen molar-refractivity contribution in [2.24, 2.45) is 0 Å². The van der Waals surface area contributed by atoms with Crippen molar-refractivity contribution in [2.75, 3.05) is 30.8 Å². The van der Waals surface area contributed by atoms with Crippen molar-refractivity contribution in [3.63, 3.8) is 0 Å². The van der Waals surface area contributed by atoms with Gasteiger partial charge in [0.2, 0.25) is 0 Å². The Bertz CT molecular complexity index is 291. The van der Waals surface area contributed by atoms with Crippen LogP contribution in [0.15, 0.2) is 18.2 Å². The van der Waals surface area contributed by atoms with Crippen LogP contribution in [0.25, 0.3) is 0 Å².